The van der Waals surface area contributed by atoms with Crippen LogP contribution in [0, 0.1) is 0 Å². The van der Waals surface area contributed by atoms with E-state index in [4.69, 9.17) is 0 Å². The van der Waals surface area contributed by atoms with E-state index in [-0.39, 0.29) is 11.9 Å². The third-order valence-corrected chi connectivity index (χ3v) is 4.06. The summed E-state index contributed by atoms with van der Waals surface area (Å²) in [6.07, 6.45) is 0.838. The Bertz CT molecular complexity index is 419. The first-order valence-electron chi connectivity index (χ1n) is 3.98. The molecule has 0 spiro atoms. The summed E-state index contributed by atoms with van der Waals surface area (Å²) in [7, 11) is -2.98. The van der Waals surface area contributed by atoms with Crippen molar-refractivity contribution < 1.29 is 8.42 Å². The molecule has 0 radical (unpaired) electrons. The summed E-state index contributed by atoms with van der Waals surface area (Å²) in [5.74, 6) is 0.194. The number of hydrogen-bond donors (Lipinski definition) is 1. The first-order chi connectivity index (χ1) is 5.63. The molecule has 2 aliphatic rings. The van der Waals surface area contributed by atoms with Crippen LogP contribution in [-0.2, 0) is 16.3 Å². The lowest BCUT2D eigenvalue weighted by Crippen LogP contribution is -2.12. The van der Waals surface area contributed by atoms with E-state index in [0.29, 0.717) is 4.90 Å². The van der Waals surface area contributed by atoms with E-state index in [2.05, 4.69) is 0 Å². The van der Waals surface area contributed by atoms with E-state index in [9.17, 15) is 8.42 Å². The van der Waals surface area contributed by atoms with Gasteiger partial charge in [0, 0.05) is 0 Å². The van der Waals surface area contributed by atoms with Gasteiger partial charge in [0.05, 0.1) is 10.6 Å². The van der Waals surface area contributed by atoms with Gasteiger partial charge in [-0.15, -0.1) is 0 Å². The number of benzene rings is 1. The van der Waals surface area contributed by atoms with Gasteiger partial charge >= 0.3 is 0 Å². The number of hydrogen-bond acceptors (Lipinski definition) is 3. The van der Waals surface area contributed by atoms with Crippen molar-refractivity contribution in [2.24, 2.45) is 0 Å². The van der Waals surface area contributed by atoms with Crippen LogP contribution in [0.4, 0.5) is 0 Å². The second-order valence-electron chi connectivity index (χ2n) is 3.02. The average Bonchev–Trinajstić information content (AvgIpc) is 2.03. The maximum Gasteiger partial charge on any atom is 0.178 e. The van der Waals surface area contributed by atoms with E-state index < -0.39 is 9.84 Å². The van der Waals surface area contributed by atoms with E-state index in [1.165, 1.54) is 5.56 Å². The van der Waals surface area contributed by atoms with Gasteiger partial charge < -0.3 is 6.15 Å². The highest BCUT2D eigenvalue weighted by molar-refractivity contribution is 7.91. The Kier molecular flexibility index (Phi) is 2.45. The van der Waals surface area contributed by atoms with Crippen LogP contribution in [0.3, 0.4) is 0 Å². The van der Waals surface area contributed by atoms with Crippen molar-refractivity contribution in [1.82, 2.24) is 6.15 Å². The maximum atomic E-state index is 11.5. The van der Waals surface area contributed by atoms with Crippen LogP contribution in [-0.4, -0.2) is 14.2 Å². The molecule has 0 saturated carbocycles. The summed E-state index contributed by atoms with van der Waals surface area (Å²) in [6.45, 7) is 1.68. The zero-order valence-electron chi connectivity index (χ0n) is 7.58. The van der Waals surface area contributed by atoms with E-state index in [1.807, 2.05) is 12.1 Å². The summed E-state index contributed by atoms with van der Waals surface area (Å²) in [4.78, 5) is 0.528. The van der Waals surface area contributed by atoms with Gasteiger partial charge in [0.15, 0.2) is 9.84 Å². The third kappa shape index (κ3) is 1.47. The molecule has 2 aliphatic carbocycles. The summed E-state index contributed by atoms with van der Waals surface area (Å²) >= 11 is 0. The highest BCUT2D eigenvalue weighted by atomic mass is 32.2. The molecule has 0 aliphatic heterocycles. The molecule has 3 N–H and O–H groups in total. The fourth-order valence-electron chi connectivity index (χ4n) is 1.43. The Labute approximate surface area is 78.3 Å². The summed E-state index contributed by atoms with van der Waals surface area (Å²) in [5, 5.41) is 0. The lowest BCUT2D eigenvalue weighted by Gasteiger charge is -2.18. The Morgan fingerprint density at radius 3 is 2.38 bits per heavy atom. The molecule has 2 bridgehead atoms. The Morgan fingerprint density at radius 2 is 2.00 bits per heavy atom. The molecule has 72 valence electrons. The quantitative estimate of drug-likeness (QED) is 0.797. The van der Waals surface area contributed by atoms with E-state index in [1.54, 1.807) is 13.0 Å². The predicted molar refractivity (Wildman–Crippen MR) is 52.0 cm³/mol. The van der Waals surface area contributed by atoms with Gasteiger partial charge in [0.1, 0.15) is 0 Å². The lowest BCUT2D eigenvalue weighted by atomic mass is 9.94. The molecule has 0 unspecified atom stereocenters. The van der Waals surface area contributed by atoms with E-state index in [0.717, 1.165) is 12.0 Å². The molecule has 1 aromatic carbocycles. The first-order valence-corrected chi connectivity index (χ1v) is 5.63. The molecular formula is C9H13NO2S. The molecule has 0 aromatic heterocycles. The molecule has 0 fully saturated rings. The molecule has 4 heteroatoms. The van der Waals surface area contributed by atoms with Crippen molar-refractivity contribution in [3.8, 4) is 0 Å². The molecule has 13 heavy (non-hydrogen) atoms. The number of rotatable bonds is 2. The highest BCUT2D eigenvalue weighted by Crippen LogP contribution is 2.28. The van der Waals surface area contributed by atoms with Gasteiger partial charge in [-0.05, 0) is 23.6 Å². The van der Waals surface area contributed by atoms with Gasteiger partial charge in [-0.1, -0.05) is 19.1 Å². The highest BCUT2D eigenvalue weighted by Gasteiger charge is 2.21. The van der Waals surface area contributed by atoms with Crippen LogP contribution in [0.15, 0.2) is 23.1 Å². The van der Waals surface area contributed by atoms with Crippen molar-refractivity contribution >= 4 is 9.84 Å². The average molecular weight is 199 g/mol. The molecule has 0 saturated heterocycles. The van der Waals surface area contributed by atoms with Crippen LogP contribution in [0.25, 0.3) is 0 Å². The smallest absolute Gasteiger partial charge is 0.178 e. The van der Waals surface area contributed by atoms with Gasteiger partial charge in [-0.3, -0.25) is 0 Å². The van der Waals surface area contributed by atoms with Crippen LogP contribution in [0.2, 0.25) is 0 Å². The second kappa shape index (κ2) is 3.12. The lowest BCUT2D eigenvalue weighted by molar-refractivity contribution is 0.595. The predicted octanol–water partition coefficient (Wildman–Crippen LogP) is 1.55. The van der Waals surface area contributed by atoms with Crippen molar-refractivity contribution in [1.29, 1.82) is 0 Å². The van der Waals surface area contributed by atoms with Gasteiger partial charge in [0.2, 0.25) is 0 Å². The number of sulfone groups is 1. The summed E-state index contributed by atoms with van der Waals surface area (Å²) in [5.41, 5.74) is 2.22. The molecule has 0 atom stereocenters. The monoisotopic (exact) mass is 199 g/mol. The first kappa shape index (κ1) is 10.2. The topological polar surface area (TPSA) is 69.1 Å². The number of fused-ring (bicyclic) bond motifs is 2. The minimum atomic E-state index is -2.98. The Hall–Kier alpha value is -0.870. The Balaban J connectivity index is 0.000000845. The van der Waals surface area contributed by atoms with Gasteiger partial charge in [-0.25, -0.2) is 8.42 Å². The third-order valence-electron chi connectivity index (χ3n) is 2.23. The minimum Gasteiger partial charge on any atom is -0.344 e. The zero-order valence-corrected chi connectivity index (χ0v) is 8.39. The summed E-state index contributed by atoms with van der Waals surface area (Å²) in [6, 6.07) is 5.55. The zero-order chi connectivity index (χ0) is 8.77. The maximum absolute atomic E-state index is 11.5. The molecule has 0 heterocycles. The van der Waals surface area contributed by atoms with Crippen molar-refractivity contribution in [3.05, 3.63) is 29.3 Å². The SMILES string of the molecule is CCS(=O)(=O)c1ccc2cc1C2.N. The molecular weight excluding hydrogens is 186 g/mol. The molecule has 3 rings (SSSR count). The van der Waals surface area contributed by atoms with Crippen molar-refractivity contribution in [2.75, 3.05) is 5.75 Å². The van der Waals surface area contributed by atoms with E-state index >= 15 is 0 Å². The van der Waals surface area contributed by atoms with Crippen LogP contribution >= 0.6 is 0 Å². The van der Waals surface area contributed by atoms with Crippen LogP contribution < -0.4 is 6.15 Å². The minimum absolute atomic E-state index is 0. The van der Waals surface area contributed by atoms with Crippen molar-refractivity contribution in [3.63, 3.8) is 0 Å². The molecule has 1 aromatic rings. The second-order valence-corrected chi connectivity index (χ2v) is 5.27. The fraction of sp³-hybridized carbons (Fsp3) is 0.333. The van der Waals surface area contributed by atoms with Crippen molar-refractivity contribution in [2.45, 2.75) is 18.2 Å². The Morgan fingerprint density at radius 1 is 1.38 bits per heavy atom. The largest absolute Gasteiger partial charge is 0.344 e. The standard InChI is InChI=1S/C9H10O2S.H3N/c1-2-12(10,11)9-4-3-7-5-8(9)6-7;/h3-5H,2,6H2,1H3;1H3. The van der Waals surface area contributed by atoms with Crippen LogP contribution in [0.1, 0.15) is 18.1 Å². The molecule has 3 nitrogen and oxygen atoms in total. The molecule has 0 amide bonds. The normalized spacial score (nSPS) is 13.0. The summed E-state index contributed by atoms with van der Waals surface area (Å²) < 4.78 is 22.9. The van der Waals surface area contributed by atoms with Gasteiger partial charge in [-0.2, -0.15) is 0 Å². The van der Waals surface area contributed by atoms with Crippen LogP contribution in [0.5, 0.6) is 0 Å². The van der Waals surface area contributed by atoms with Gasteiger partial charge in [0.25, 0.3) is 0 Å². The fourth-order valence-corrected chi connectivity index (χ4v) is 2.55.